The molecule has 2 aromatic rings. The molecule has 0 radical (unpaired) electrons. The molecule has 0 saturated heterocycles. The number of nitro benzene ring substituents is 2. The smallest absolute Gasteiger partial charge is 0.309 e. The van der Waals surface area contributed by atoms with Crippen LogP contribution in [0, 0.1) is 20.2 Å². The lowest BCUT2D eigenvalue weighted by Crippen LogP contribution is -2.04. The molecule has 0 aromatic heterocycles. The Hall–Kier alpha value is -3.09. The topological polar surface area (TPSA) is 167 Å². The molecule has 2 aromatic carbocycles. The number of methoxy groups -OCH3 is 1. The summed E-state index contributed by atoms with van der Waals surface area (Å²) in [6.45, 7) is 0. The number of carboxylic acid groups (broad SMARTS) is 1. The molecule has 0 heterocycles. The van der Waals surface area contributed by atoms with Crippen LogP contribution in [0.25, 0.3) is 0 Å². The Morgan fingerprint density at radius 1 is 0.906 bits per heavy atom. The van der Waals surface area contributed by atoms with Crippen molar-refractivity contribution in [3.05, 3.63) is 79.9 Å². The number of ether oxygens (including phenoxy) is 1. The number of aliphatic carboxylic acids is 1. The van der Waals surface area contributed by atoms with Gasteiger partial charge in [0.2, 0.25) is 9.23 Å². The Balaban J connectivity index is 0. The number of carbonyl (C=O) groups is 2. The van der Waals surface area contributed by atoms with Crippen molar-refractivity contribution in [1.82, 2.24) is 0 Å². The van der Waals surface area contributed by atoms with Gasteiger partial charge in [0.15, 0.2) is 0 Å². The number of carbonyl (C=O) groups excluding carboxylic acids is 1. The third kappa shape index (κ3) is 14.8. The van der Waals surface area contributed by atoms with Gasteiger partial charge in [0.1, 0.15) is 0 Å². The molecular weight excluding hydrogens is 491 g/mol. The summed E-state index contributed by atoms with van der Waals surface area (Å²) in [5.74, 6) is -1.31. The van der Waals surface area contributed by atoms with Gasteiger partial charge in [-0.25, -0.2) is 4.21 Å². The molecule has 1 N–H and O–H groups in total. The predicted molar refractivity (Wildman–Crippen MR) is 120 cm³/mol. The van der Waals surface area contributed by atoms with Gasteiger partial charge >= 0.3 is 11.9 Å². The molecule has 14 heteroatoms. The number of nitro groups is 2. The van der Waals surface area contributed by atoms with Gasteiger partial charge in [-0.1, -0.05) is 31.7 Å². The summed E-state index contributed by atoms with van der Waals surface area (Å²) in [7, 11) is 8.66. The van der Waals surface area contributed by atoms with Crippen LogP contribution in [0.2, 0.25) is 0 Å². The highest BCUT2D eigenvalue weighted by Crippen LogP contribution is 2.13. The number of rotatable bonds is 6. The summed E-state index contributed by atoms with van der Waals surface area (Å²) >= 11 is 0. The molecule has 2 rings (SSSR count). The van der Waals surface area contributed by atoms with Gasteiger partial charge in [0.25, 0.3) is 11.4 Å². The normalized spacial score (nSPS) is 9.12. The fraction of sp³-hybridized carbons (Fsp3) is 0.222. The van der Waals surface area contributed by atoms with Crippen molar-refractivity contribution in [3.63, 3.8) is 0 Å². The van der Waals surface area contributed by atoms with E-state index in [0.29, 0.717) is 11.1 Å². The molecule has 0 fully saturated rings. The maximum atomic E-state index is 10.8. The first-order chi connectivity index (χ1) is 14.5. The van der Waals surface area contributed by atoms with Crippen LogP contribution in [0.1, 0.15) is 18.6 Å². The minimum Gasteiger partial charge on any atom is -0.481 e. The van der Waals surface area contributed by atoms with E-state index in [9.17, 15) is 29.8 Å². The number of nitrogens with zero attached hydrogens (tertiary/aromatic N) is 2. The lowest BCUT2D eigenvalue weighted by atomic mass is 10.1. The van der Waals surface area contributed by atoms with E-state index < -0.39 is 25.0 Å². The maximum Gasteiger partial charge on any atom is 0.309 e. The standard InChI is InChI=1S/C9H9NO4.C8H7NO4.CH4.Cl2OS/c1-14-9(11)6-7-2-4-8(5-3-7)10(12)13;10-8(11)5-6-1-3-7(4-2-6)9(12)13;;1-4(2)3/h2-5H,6H2,1H3;1-4H,5H2,(H,10,11);1H4;. The number of hydrogen-bond acceptors (Lipinski definition) is 8. The predicted octanol–water partition coefficient (Wildman–Crippen LogP) is 4.21. The number of hydrogen-bond donors (Lipinski definition) is 1. The minimum atomic E-state index is -1.67. The van der Waals surface area contributed by atoms with Gasteiger partial charge < -0.3 is 9.84 Å². The van der Waals surface area contributed by atoms with Crippen LogP contribution in [0.15, 0.2) is 48.5 Å². The van der Waals surface area contributed by atoms with Crippen molar-refractivity contribution in [3.8, 4) is 0 Å². The molecule has 0 saturated carbocycles. The largest absolute Gasteiger partial charge is 0.481 e. The molecular formula is C18H20Cl2N2O9S. The van der Waals surface area contributed by atoms with E-state index in [2.05, 4.69) is 26.1 Å². The number of halogens is 2. The Morgan fingerprint density at radius 2 is 1.22 bits per heavy atom. The van der Waals surface area contributed by atoms with Gasteiger partial charge in [0, 0.05) is 45.6 Å². The Bertz CT molecular complexity index is 919. The minimum absolute atomic E-state index is 0. The zero-order valence-corrected chi connectivity index (χ0v) is 18.1. The summed E-state index contributed by atoms with van der Waals surface area (Å²) in [6.07, 6.45) is 0.0203. The first kappa shape index (κ1) is 31.1. The maximum absolute atomic E-state index is 10.8. The van der Waals surface area contributed by atoms with E-state index in [4.69, 9.17) is 9.32 Å². The molecule has 0 aliphatic heterocycles. The zero-order valence-electron chi connectivity index (χ0n) is 15.8. The van der Waals surface area contributed by atoms with Gasteiger partial charge in [-0.3, -0.25) is 29.8 Å². The van der Waals surface area contributed by atoms with Crippen LogP contribution in [0.5, 0.6) is 0 Å². The summed E-state index contributed by atoms with van der Waals surface area (Å²) in [4.78, 5) is 40.6. The van der Waals surface area contributed by atoms with E-state index in [1.54, 1.807) is 0 Å². The van der Waals surface area contributed by atoms with E-state index in [-0.39, 0.29) is 37.6 Å². The lowest BCUT2D eigenvalue weighted by molar-refractivity contribution is -0.385. The van der Waals surface area contributed by atoms with Crippen molar-refractivity contribution >= 4 is 53.9 Å². The fourth-order valence-electron chi connectivity index (χ4n) is 1.88. The number of benzene rings is 2. The highest BCUT2D eigenvalue weighted by atomic mass is 36.0. The molecule has 0 spiro atoms. The molecule has 11 nitrogen and oxygen atoms in total. The summed E-state index contributed by atoms with van der Waals surface area (Å²) in [6, 6.07) is 11.2. The Morgan fingerprint density at radius 3 is 1.47 bits per heavy atom. The molecule has 0 unspecified atom stereocenters. The lowest BCUT2D eigenvalue weighted by Gasteiger charge is -1.98. The molecule has 0 amide bonds. The van der Waals surface area contributed by atoms with Crippen LogP contribution >= 0.6 is 21.4 Å². The second kappa shape index (κ2) is 16.6. The average Bonchev–Trinajstić information content (AvgIpc) is 2.68. The highest BCUT2D eigenvalue weighted by Gasteiger charge is 2.07. The van der Waals surface area contributed by atoms with E-state index in [0.717, 1.165) is 0 Å². The molecule has 0 aliphatic rings. The van der Waals surface area contributed by atoms with Crippen molar-refractivity contribution in [1.29, 1.82) is 0 Å². The van der Waals surface area contributed by atoms with Gasteiger partial charge in [-0.05, 0) is 11.1 Å². The number of non-ortho nitro benzene ring substituents is 2. The molecule has 0 atom stereocenters. The van der Waals surface area contributed by atoms with Crippen molar-refractivity contribution < 1.29 is 33.5 Å². The van der Waals surface area contributed by atoms with Crippen LogP contribution in [0.3, 0.4) is 0 Å². The van der Waals surface area contributed by atoms with E-state index in [1.165, 1.54) is 55.6 Å². The second-order valence-electron chi connectivity index (χ2n) is 5.35. The number of esters is 1. The highest BCUT2D eigenvalue weighted by molar-refractivity contribution is 8.26. The van der Waals surface area contributed by atoms with E-state index in [1.807, 2.05) is 0 Å². The quantitative estimate of drug-likeness (QED) is 0.259. The van der Waals surface area contributed by atoms with Crippen LogP contribution in [-0.4, -0.2) is 38.2 Å². The first-order valence-electron chi connectivity index (χ1n) is 7.95. The summed E-state index contributed by atoms with van der Waals surface area (Å²) < 4.78 is 13.5. The zero-order chi connectivity index (χ0) is 24.0. The average molecular weight is 511 g/mol. The van der Waals surface area contributed by atoms with Crippen LogP contribution in [0.4, 0.5) is 11.4 Å². The van der Waals surface area contributed by atoms with Gasteiger partial charge in [-0.15, -0.1) is 0 Å². The van der Waals surface area contributed by atoms with Gasteiger partial charge in [-0.2, -0.15) is 0 Å². The monoisotopic (exact) mass is 510 g/mol. The Kier molecular flexibility index (Phi) is 16.1. The summed E-state index contributed by atoms with van der Waals surface area (Å²) in [5, 5.41) is 28.9. The summed E-state index contributed by atoms with van der Waals surface area (Å²) in [5.41, 5.74) is 1.23. The number of carboxylic acids is 1. The Labute approximate surface area is 194 Å². The molecule has 0 bridgehead atoms. The van der Waals surface area contributed by atoms with Crippen molar-refractivity contribution in [2.75, 3.05) is 7.11 Å². The fourth-order valence-corrected chi connectivity index (χ4v) is 1.88. The van der Waals surface area contributed by atoms with Crippen LogP contribution < -0.4 is 0 Å². The second-order valence-corrected chi connectivity index (χ2v) is 7.88. The van der Waals surface area contributed by atoms with Crippen molar-refractivity contribution in [2.45, 2.75) is 20.3 Å². The van der Waals surface area contributed by atoms with E-state index >= 15 is 0 Å². The van der Waals surface area contributed by atoms with Gasteiger partial charge in [0.05, 0.1) is 29.8 Å². The first-order valence-corrected chi connectivity index (χ1v) is 10.8. The van der Waals surface area contributed by atoms with Crippen LogP contribution in [-0.2, 0) is 36.4 Å². The molecule has 32 heavy (non-hydrogen) atoms. The molecule has 0 aliphatic carbocycles. The third-order valence-corrected chi connectivity index (χ3v) is 3.23. The molecule has 176 valence electrons. The SMILES string of the molecule is C.COC(=O)Cc1ccc([N+](=O)[O-])cc1.O=C(O)Cc1ccc([N+](=O)[O-])cc1.O=S(Cl)Cl. The van der Waals surface area contributed by atoms with Crippen molar-refractivity contribution in [2.24, 2.45) is 0 Å². The third-order valence-electron chi connectivity index (χ3n) is 3.23.